The molecule has 0 aliphatic rings. The van der Waals surface area contributed by atoms with Gasteiger partial charge in [-0.15, -0.1) is 0 Å². The van der Waals surface area contributed by atoms with Crippen molar-refractivity contribution in [3.8, 4) is 0 Å². The highest BCUT2D eigenvalue weighted by Gasteiger charge is 1.87. The molecule has 2 heteroatoms. The molecule has 1 aromatic rings. The number of rotatable bonds is 1. The first-order valence-electron chi connectivity index (χ1n) is 2.70. The Morgan fingerprint density at radius 3 is 2.89 bits per heavy atom. The summed E-state index contributed by atoms with van der Waals surface area (Å²) in [7, 11) is 0. The summed E-state index contributed by atoms with van der Waals surface area (Å²) in [6.07, 6.45) is 0. The van der Waals surface area contributed by atoms with Crippen molar-refractivity contribution >= 4 is 5.69 Å². The Morgan fingerprint density at radius 2 is 2.44 bits per heavy atom. The third kappa shape index (κ3) is 1.44. The van der Waals surface area contributed by atoms with Crippen LogP contribution in [0.1, 0.15) is 5.56 Å². The number of nitrogen functional groups attached to an aromatic ring is 1. The number of nitrogens with two attached hydrogens (primary N) is 1. The normalized spacial score (nSPS) is 9.44. The van der Waals surface area contributed by atoms with Gasteiger partial charge in [0.1, 0.15) is 0 Å². The van der Waals surface area contributed by atoms with E-state index >= 15 is 0 Å². The van der Waals surface area contributed by atoms with Gasteiger partial charge in [-0.1, -0.05) is 12.1 Å². The zero-order valence-electron chi connectivity index (χ0n) is 4.96. The van der Waals surface area contributed by atoms with Gasteiger partial charge < -0.3 is 10.8 Å². The molecule has 2 nitrogen and oxygen atoms in total. The lowest BCUT2D eigenvalue weighted by atomic mass is 10.2. The fourth-order valence-electron chi connectivity index (χ4n) is 0.633. The standard InChI is InChI=1S/C7H8NO/c8-7-3-1-2-6(4-7)5-9/h1-2,4,9H,5,8H2. The fraction of sp³-hybridized carbons (Fsp3) is 0.143. The van der Waals surface area contributed by atoms with Crippen LogP contribution in [0.3, 0.4) is 0 Å². The van der Waals surface area contributed by atoms with Gasteiger partial charge in [-0.3, -0.25) is 0 Å². The Morgan fingerprint density at radius 1 is 1.67 bits per heavy atom. The van der Waals surface area contributed by atoms with Gasteiger partial charge in [0.05, 0.1) is 6.61 Å². The number of benzene rings is 1. The van der Waals surface area contributed by atoms with Gasteiger partial charge in [0.25, 0.3) is 0 Å². The Hall–Kier alpha value is -1.02. The van der Waals surface area contributed by atoms with E-state index in [1.165, 1.54) is 0 Å². The second-order valence-corrected chi connectivity index (χ2v) is 1.81. The predicted molar refractivity (Wildman–Crippen MR) is 35.6 cm³/mol. The van der Waals surface area contributed by atoms with Crippen LogP contribution in [0.15, 0.2) is 18.2 Å². The van der Waals surface area contributed by atoms with Gasteiger partial charge in [0.15, 0.2) is 0 Å². The van der Waals surface area contributed by atoms with Crippen molar-refractivity contribution in [2.75, 3.05) is 5.73 Å². The van der Waals surface area contributed by atoms with E-state index in [0.717, 1.165) is 5.56 Å². The molecule has 0 atom stereocenters. The minimum Gasteiger partial charge on any atom is -0.398 e. The van der Waals surface area contributed by atoms with Crippen molar-refractivity contribution < 1.29 is 5.11 Å². The third-order valence-electron chi connectivity index (χ3n) is 1.07. The molecule has 0 aromatic heterocycles. The van der Waals surface area contributed by atoms with Crippen molar-refractivity contribution in [1.29, 1.82) is 0 Å². The zero-order valence-corrected chi connectivity index (χ0v) is 4.96. The van der Waals surface area contributed by atoms with E-state index in [9.17, 15) is 0 Å². The predicted octanol–water partition coefficient (Wildman–Crippen LogP) is 0.561. The average Bonchev–Trinajstić information content (AvgIpc) is 1.88. The van der Waals surface area contributed by atoms with Crippen LogP contribution < -0.4 is 5.73 Å². The molecular weight excluding hydrogens is 114 g/mol. The second-order valence-electron chi connectivity index (χ2n) is 1.81. The van der Waals surface area contributed by atoms with E-state index in [-0.39, 0.29) is 6.61 Å². The van der Waals surface area contributed by atoms with E-state index < -0.39 is 0 Å². The van der Waals surface area contributed by atoms with Crippen LogP contribution in [0, 0.1) is 6.07 Å². The first-order valence-corrected chi connectivity index (χ1v) is 2.70. The fourth-order valence-corrected chi connectivity index (χ4v) is 0.633. The summed E-state index contributed by atoms with van der Waals surface area (Å²) in [4.78, 5) is 0. The van der Waals surface area contributed by atoms with Crippen molar-refractivity contribution in [1.82, 2.24) is 0 Å². The lowest BCUT2D eigenvalue weighted by Crippen LogP contribution is -1.87. The Kier molecular flexibility index (Phi) is 1.70. The van der Waals surface area contributed by atoms with Gasteiger partial charge in [-0.2, -0.15) is 0 Å². The summed E-state index contributed by atoms with van der Waals surface area (Å²) in [6, 6.07) is 7.94. The smallest absolute Gasteiger partial charge is 0.0682 e. The topological polar surface area (TPSA) is 46.2 Å². The molecule has 9 heavy (non-hydrogen) atoms. The maximum absolute atomic E-state index is 8.59. The lowest BCUT2D eigenvalue weighted by Gasteiger charge is -1.94. The molecule has 0 fully saturated rings. The summed E-state index contributed by atoms with van der Waals surface area (Å²) in [5.74, 6) is 0. The Labute approximate surface area is 53.9 Å². The third-order valence-corrected chi connectivity index (χ3v) is 1.07. The van der Waals surface area contributed by atoms with Gasteiger partial charge in [0, 0.05) is 11.8 Å². The summed E-state index contributed by atoms with van der Waals surface area (Å²) in [6.45, 7) is 0.0406. The number of hydrogen-bond acceptors (Lipinski definition) is 2. The number of aliphatic hydroxyl groups excluding tert-OH is 1. The number of aliphatic hydroxyl groups is 1. The Bertz CT molecular complexity index is 198. The summed E-state index contributed by atoms with van der Waals surface area (Å²) in [5, 5.41) is 8.59. The van der Waals surface area contributed by atoms with E-state index in [1.54, 1.807) is 18.2 Å². The first-order chi connectivity index (χ1) is 4.33. The van der Waals surface area contributed by atoms with Gasteiger partial charge in [-0.05, 0) is 11.6 Å². The highest BCUT2D eigenvalue weighted by atomic mass is 16.3. The van der Waals surface area contributed by atoms with Crippen LogP contribution in [0.25, 0.3) is 0 Å². The second kappa shape index (κ2) is 2.51. The molecule has 0 unspecified atom stereocenters. The van der Waals surface area contributed by atoms with Gasteiger partial charge in [-0.25, -0.2) is 0 Å². The van der Waals surface area contributed by atoms with Crippen LogP contribution in [0.4, 0.5) is 5.69 Å². The van der Waals surface area contributed by atoms with Crippen LogP contribution >= 0.6 is 0 Å². The summed E-state index contributed by atoms with van der Waals surface area (Å²) in [5.41, 5.74) is 6.76. The average molecular weight is 122 g/mol. The van der Waals surface area contributed by atoms with E-state index in [4.69, 9.17) is 10.8 Å². The van der Waals surface area contributed by atoms with E-state index in [1.807, 2.05) is 0 Å². The molecule has 0 spiro atoms. The van der Waals surface area contributed by atoms with Crippen molar-refractivity contribution in [2.24, 2.45) is 0 Å². The van der Waals surface area contributed by atoms with Crippen LogP contribution in [0.2, 0.25) is 0 Å². The highest BCUT2D eigenvalue weighted by molar-refractivity contribution is 5.38. The quantitative estimate of drug-likeness (QED) is 0.534. The zero-order chi connectivity index (χ0) is 6.69. The van der Waals surface area contributed by atoms with Crippen molar-refractivity contribution in [3.05, 3.63) is 29.8 Å². The summed E-state index contributed by atoms with van der Waals surface area (Å²) >= 11 is 0. The minimum atomic E-state index is 0.0406. The van der Waals surface area contributed by atoms with Gasteiger partial charge in [0.2, 0.25) is 0 Å². The molecule has 1 aromatic carbocycles. The largest absolute Gasteiger partial charge is 0.398 e. The van der Waals surface area contributed by atoms with Crippen LogP contribution in [-0.4, -0.2) is 5.11 Å². The molecule has 0 heterocycles. The minimum absolute atomic E-state index is 0.0406. The molecule has 0 aliphatic heterocycles. The molecule has 3 N–H and O–H groups in total. The molecule has 1 rings (SSSR count). The van der Waals surface area contributed by atoms with E-state index in [2.05, 4.69) is 6.07 Å². The van der Waals surface area contributed by atoms with Crippen molar-refractivity contribution in [3.63, 3.8) is 0 Å². The van der Waals surface area contributed by atoms with Crippen LogP contribution in [-0.2, 0) is 6.61 Å². The maximum Gasteiger partial charge on any atom is 0.0682 e. The molecule has 0 aliphatic carbocycles. The highest BCUT2D eigenvalue weighted by Crippen LogP contribution is 2.04. The van der Waals surface area contributed by atoms with Gasteiger partial charge >= 0.3 is 0 Å². The lowest BCUT2D eigenvalue weighted by molar-refractivity contribution is 0.282. The molecule has 0 saturated heterocycles. The monoisotopic (exact) mass is 122 g/mol. The van der Waals surface area contributed by atoms with Crippen molar-refractivity contribution in [2.45, 2.75) is 6.61 Å². The maximum atomic E-state index is 8.59. The van der Waals surface area contributed by atoms with Crippen LogP contribution in [0.5, 0.6) is 0 Å². The molecular formula is C7H8NO. The number of anilines is 1. The summed E-state index contributed by atoms with van der Waals surface area (Å²) < 4.78 is 0. The van der Waals surface area contributed by atoms with E-state index in [0.29, 0.717) is 5.69 Å². The SMILES string of the molecule is Nc1[c]ccc(CO)c1. The molecule has 47 valence electrons. The molecule has 0 saturated carbocycles. The molecule has 0 amide bonds. The molecule has 1 radical (unpaired) electrons. The Balaban J connectivity index is 2.94. The first kappa shape index (κ1) is 6.11. The molecule has 0 bridgehead atoms. The number of hydrogen-bond donors (Lipinski definition) is 2.